The van der Waals surface area contributed by atoms with E-state index in [9.17, 15) is 4.79 Å². The van der Waals surface area contributed by atoms with Crippen molar-refractivity contribution in [3.63, 3.8) is 0 Å². The number of rotatable bonds is 4. The van der Waals surface area contributed by atoms with Crippen LogP contribution >= 0.6 is 11.3 Å². The van der Waals surface area contributed by atoms with Gasteiger partial charge in [0.2, 0.25) is 0 Å². The van der Waals surface area contributed by atoms with Gasteiger partial charge in [0.15, 0.2) is 6.29 Å². The van der Waals surface area contributed by atoms with Crippen LogP contribution in [0.25, 0.3) is 10.6 Å². The summed E-state index contributed by atoms with van der Waals surface area (Å²) in [6, 6.07) is 1.87. The monoisotopic (exact) mass is 236 g/mol. The molecule has 0 aliphatic carbocycles. The molecule has 0 unspecified atom stereocenters. The van der Waals surface area contributed by atoms with E-state index in [1.165, 1.54) is 11.3 Å². The zero-order chi connectivity index (χ0) is 11.5. The van der Waals surface area contributed by atoms with Gasteiger partial charge in [-0.05, 0) is 18.4 Å². The van der Waals surface area contributed by atoms with Crippen LogP contribution in [0.4, 0.5) is 0 Å². The minimum Gasteiger partial charge on any atom is -0.495 e. The third-order valence-corrected chi connectivity index (χ3v) is 3.21. The first-order valence-corrected chi connectivity index (χ1v) is 5.82. The predicted octanol–water partition coefficient (Wildman–Crippen LogP) is 2.45. The van der Waals surface area contributed by atoms with Gasteiger partial charge in [-0.3, -0.25) is 9.48 Å². The van der Waals surface area contributed by atoms with Crippen LogP contribution in [0.3, 0.4) is 0 Å². The first-order chi connectivity index (χ1) is 7.80. The first kappa shape index (κ1) is 10.9. The molecule has 2 heterocycles. The van der Waals surface area contributed by atoms with Crippen LogP contribution in [0, 0.1) is 0 Å². The number of carbonyl (C=O) groups excluding carboxylic acids is 1. The lowest BCUT2D eigenvalue weighted by atomic mass is 10.2. The van der Waals surface area contributed by atoms with Crippen LogP contribution < -0.4 is 4.74 Å². The predicted molar refractivity (Wildman–Crippen MR) is 63.2 cm³/mol. The van der Waals surface area contributed by atoms with Gasteiger partial charge in [-0.2, -0.15) is 5.10 Å². The molecule has 0 saturated carbocycles. The first-order valence-electron chi connectivity index (χ1n) is 4.94. The minimum absolute atomic E-state index is 0.600. The zero-order valence-corrected chi connectivity index (χ0v) is 9.95. The van der Waals surface area contributed by atoms with Crippen LogP contribution in [0.1, 0.15) is 17.3 Å². The Morgan fingerprint density at radius 3 is 3.06 bits per heavy atom. The molecule has 2 rings (SSSR count). The fraction of sp³-hybridized carbons (Fsp3) is 0.273. The van der Waals surface area contributed by atoms with Gasteiger partial charge in [-0.15, -0.1) is 11.3 Å². The molecule has 0 bridgehead atoms. The fourth-order valence-corrected chi connectivity index (χ4v) is 2.36. The van der Waals surface area contributed by atoms with Gasteiger partial charge in [-0.1, -0.05) is 0 Å². The van der Waals surface area contributed by atoms with E-state index in [2.05, 4.69) is 5.10 Å². The molecule has 0 aromatic carbocycles. The lowest BCUT2D eigenvalue weighted by Crippen LogP contribution is -1.93. The number of aldehydes is 1. The van der Waals surface area contributed by atoms with Crippen molar-refractivity contribution in [3.8, 4) is 16.3 Å². The Labute approximate surface area is 97.5 Å². The highest BCUT2D eigenvalue weighted by atomic mass is 32.1. The summed E-state index contributed by atoms with van der Waals surface area (Å²) >= 11 is 1.52. The van der Waals surface area contributed by atoms with Crippen LogP contribution in [-0.4, -0.2) is 23.2 Å². The molecule has 0 N–H and O–H groups in total. The van der Waals surface area contributed by atoms with Crippen molar-refractivity contribution in [1.82, 2.24) is 9.78 Å². The molecular formula is C11H12N2O2S. The molecule has 5 heteroatoms. The summed E-state index contributed by atoms with van der Waals surface area (Å²) in [5.41, 5.74) is 1.30. The zero-order valence-electron chi connectivity index (χ0n) is 9.14. The van der Waals surface area contributed by atoms with E-state index in [0.717, 1.165) is 23.5 Å². The molecule has 0 amide bonds. The van der Waals surface area contributed by atoms with Gasteiger partial charge in [0, 0.05) is 12.7 Å². The Morgan fingerprint density at radius 1 is 1.62 bits per heavy atom. The van der Waals surface area contributed by atoms with Gasteiger partial charge in [0.25, 0.3) is 0 Å². The molecule has 0 radical (unpaired) electrons. The average molecular weight is 236 g/mol. The molecule has 0 aliphatic rings. The largest absolute Gasteiger partial charge is 0.495 e. The second kappa shape index (κ2) is 4.49. The van der Waals surface area contributed by atoms with E-state index >= 15 is 0 Å². The molecule has 2 aromatic rings. The topological polar surface area (TPSA) is 44.1 Å². The molecule has 0 spiro atoms. The summed E-state index contributed by atoms with van der Waals surface area (Å²) < 4.78 is 6.98. The molecule has 16 heavy (non-hydrogen) atoms. The molecule has 0 fully saturated rings. The van der Waals surface area contributed by atoms with Crippen molar-refractivity contribution >= 4 is 17.6 Å². The van der Waals surface area contributed by atoms with Gasteiger partial charge in [0.1, 0.15) is 11.4 Å². The number of nitrogens with zero attached hydrogens (tertiary/aromatic N) is 2. The summed E-state index contributed by atoms with van der Waals surface area (Å²) in [6.45, 7) is 2.73. The Kier molecular flexibility index (Phi) is 3.05. The van der Waals surface area contributed by atoms with E-state index < -0.39 is 0 Å². The van der Waals surface area contributed by atoms with Gasteiger partial charge < -0.3 is 4.74 Å². The van der Waals surface area contributed by atoms with E-state index in [4.69, 9.17) is 4.74 Å². The third-order valence-electron chi connectivity index (χ3n) is 2.31. The number of methoxy groups -OCH3 is 1. The van der Waals surface area contributed by atoms with Gasteiger partial charge in [0.05, 0.1) is 17.6 Å². The molecule has 0 aliphatic heterocycles. The molecule has 0 atom stereocenters. The maximum absolute atomic E-state index is 11.0. The Hall–Kier alpha value is -1.62. The van der Waals surface area contributed by atoms with Gasteiger partial charge in [-0.25, -0.2) is 0 Å². The Bertz CT molecular complexity index is 502. The quantitative estimate of drug-likeness (QED) is 0.766. The maximum Gasteiger partial charge on any atom is 0.153 e. The number of aromatic nitrogens is 2. The number of ether oxygens (including phenoxy) is 1. The van der Waals surface area contributed by atoms with Crippen molar-refractivity contribution in [2.45, 2.75) is 13.5 Å². The number of thiophene rings is 1. The van der Waals surface area contributed by atoms with Crippen LogP contribution in [0.5, 0.6) is 5.75 Å². The third kappa shape index (κ3) is 1.74. The normalized spacial score (nSPS) is 10.4. The smallest absolute Gasteiger partial charge is 0.153 e. The summed E-state index contributed by atoms with van der Waals surface area (Å²) in [5.74, 6) is 0.759. The SMILES string of the molecule is CCn1cc(C=O)c(-c2sccc2OC)n1. The standard InChI is InChI=1S/C11H12N2O2S/c1-3-13-6-8(7-14)10(12-13)11-9(15-2)4-5-16-11/h4-7H,3H2,1-2H3. The number of aryl methyl sites for hydroxylation is 1. The summed E-state index contributed by atoms with van der Waals surface area (Å²) in [7, 11) is 1.61. The fourth-order valence-electron chi connectivity index (χ4n) is 1.49. The molecule has 84 valence electrons. The van der Waals surface area contributed by atoms with Crippen molar-refractivity contribution in [3.05, 3.63) is 23.2 Å². The molecule has 4 nitrogen and oxygen atoms in total. The second-order valence-corrected chi connectivity index (χ2v) is 4.14. The lowest BCUT2D eigenvalue weighted by molar-refractivity contribution is 0.112. The van der Waals surface area contributed by atoms with Crippen molar-refractivity contribution in [2.75, 3.05) is 7.11 Å². The lowest BCUT2D eigenvalue weighted by Gasteiger charge is -1.99. The second-order valence-electron chi connectivity index (χ2n) is 3.22. The number of hydrogen-bond donors (Lipinski definition) is 0. The van der Waals surface area contributed by atoms with Crippen molar-refractivity contribution in [2.24, 2.45) is 0 Å². The van der Waals surface area contributed by atoms with Crippen molar-refractivity contribution in [1.29, 1.82) is 0 Å². The summed E-state index contributed by atoms with van der Waals surface area (Å²) in [5, 5.41) is 6.29. The molecular weight excluding hydrogens is 224 g/mol. The summed E-state index contributed by atoms with van der Waals surface area (Å²) in [4.78, 5) is 11.9. The maximum atomic E-state index is 11.0. The van der Waals surface area contributed by atoms with Gasteiger partial charge >= 0.3 is 0 Å². The van der Waals surface area contributed by atoms with E-state index in [1.807, 2.05) is 18.4 Å². The van der Waals surface area contributed by atoms with Crippen LogP contribution in [0.2, 0.25) is 0 Å². The average Bonchev–Trinajstić information content (AvgIpc) is 2.93. The minimum atomic E-state index is 0.600. The van der Waals surface area contributed by atoms with E-state index in [-0.39, 0.29) is 0 Å². The van der Waals surface area contributed by atoms with E-state index in [0.29, 0.717) is 11.3 Å². The van der Waals surface area contributed by atoms with Crippen LogP contribution in [0.15, 0.2) is 17.6 Å². The summed E-state index contributed by atoms with van der Waals surface area (Å²) in [6.07, 6.45) is 2.58. The van der Waals surface area contributed by atoms with Crippen molar-refractivity contribution < 1.29 is 9.53 Å². The Balaban J connectivity index is 2.54. The van der Waals surface area contributed by atoms with Crippen LogP contribution in [-0.2, 0) is 6.54 Å². The Morgan fingerprint density at radius 2 is 2.44 bits per heavy atom. The highest BCUT2D eigenvalue weighted by Crippen LogP contribution is 2.35. The highest BCUT2D eigenvalue weighted by Gasteiger charge is 2.15. The molecule has 0 saturated heterocycles. The molecule has 2 aromatic heterocycles. The van der Waals surface area contributed by atoms with E-state index in [1.54, 1.807) is 18.0 Å². The highest BCUT2D eigenvalue weighted by molar-refractivity contribution is 7.14. The number of hydrogen-bond acceptors (Lipinski definition) is 4. The number of carbonyl (C=O) groups is 1.